The van der Waals surface area contributed by atoms with Crippen molar-refractivity contribution in [1.82, 2.24) is 9.88 Å². The molecule has 6 nitrogen and oxygen atoms in total. The van der Waals surface area contributed by atoms with Crippen molar-refractivity contribution < 1.29 is 19.1 Å². The van der Waals surface area contributed by atoms with Crippen molar-refractivity contribution in [3.8, 4) is 0 Å². The van der Waals surface area contributed by atoms with Crippen molar-refractivity contribution in [2.45, 2.75) is 19.8 Å². The predicted molar refractivity (Wildman–Crippen MR) is 57.5 cm³/mol. The lowest BCUT2D eigenvalue weighted by Crippen LogP contribution is -2.42. The van der Waals surface area contributed by atoms with Crippen LogP contribution < -0.4 is 0 Å². The topological polar surface area (TPSA) is 83.6 Å². The van der Waals surface area contributed by atoms with Crippen LogP contribution in [0.5, 0.6) is 0 Å². The highest BCUT2D eigenvalue weighted by Gasteiger charge is 2.30. The number of aromatic nitrogens is 1. The van der Waals surface area contributed by atoms with E-state index in [4.69, 9.17) is 9.52 Å². The Hall–Kier alpha value is -1.85. The minimum absolute atomic E-state index is 0.205. The Morgan fingerprint density at radius 3 is 2.94 bits per heavy atom. The van der Waals surface area contributed by atoms with E-state index >= 15 is 0 Å². The van der Waals surface area contributed by atoms with E-state index in [1.807, 2.05) is 0 Å². The first-order chi connectivity index (χ1) is 8.09. The molecule has 0 radical (unpaired) electrons. The number of carboxylic acids is 1. The lowest BCUT2D eigenvalue weighted by Gasteiger charge is -2.30. The number of oxazole rings is 1. The summed E-state index contributed by atoms with van der Waals surface area (Å²) in [6.07, 6.45) is 2.55. The summed E-state index contributed by atoms with van der Waals surface area (Å²) >= 11 is 0. The number of aliphatic carboxylic acids is 1. The van der Waals surface area contributed by atoms with Crippen molar-refractivity contribution in [3.63, 3.8) is 0 Å². The molecule has 1 aliphatic heterocycles. The van der Waals surface area contributed by atoms with E-state index in [1.165, 1.54) is 11.3 Å². The van der Waals surface area contributed by atoms with Crippen LogP contribution in [0.25, 0.3) is 0 Å². The number of carbonyl (C=O) groups excluding carboxylic acids is 1. The largest absolute Gasteiger partial charge is 0.481 e. The van der Waals surface area contributed by atoms with Crippen LogP contribution in [-0.2, 0) is 4.79 Å². The summed E-state index contributed by atoms with van der Waals surface area (Å²) in [7, 11) is 0. The number of likely N-dealkylation sites (tertiary alicyclic amines) is 1. The molecule has 6 heteroatoms. The van der Waals surface area contributed by atoms with E-state index in [-0.39, 0.29) is 18.2 Å². The van der Waals surface area contributed by atoms with Gasteiger partial charge in [0.2, 0.25) is 5.76 Å². The molecule has 2 heterocycles. The number of amides is 1. The number of piperidine rings is 1. The van der Waals surface area contributed by atoms with Gasteiger partial charge in [0.05, 0.1) is 11.6 Å². The summed E-state index contributed by atoms with van der Waals surface area (Å²) in [6.45, 7) is 2.51. The Labute approximate surface area is 98.2 Å². The third-order valence-corrected chi connectivity index (χ3v) is 3.00. The third-order valence-electron chi connectivity index (χ3n) is 3.00. The van der Waals surface area contributed by atoms with Gasteiger partial charge < -0.3 is 14.4 Å². The average Bonchev–Trinajstić information content (AvgIpc) is 2.74. The molecule has 1 aromatic heterocycles. The van der Waals surface area contributed by atoms with Gasteiger partial charge in [-0.3, -0.25) is 9.59 Å². The quantitative estimate of drug-likeness (QED) is 0.828. The fourth-order valence-electron chi connectivity index (χ4n) is 2.01. The number of aryl methyl sites for hydroxylation is 1. The van der Waals surface area contributed by atoms with Crippen LogP contribution in [0, 0.1) is 12.8 Å². The normalized spacial score (nSPS) is 20.3. The van der Waals surface area contributed by atoms with Crippen molar-refractivity contribution in [2.24, 2.45) is 5.92 Å². The van der Waals surface area contributed by atoms with Gasteiger partial charge in [-0.2, -0.15) is 0 Å². The first kappa shape index (κ1) is 11.6. The highest BCUT2D eigenvalue weighted by atomic mass is 16.4. The SMILES string of the molecule is Cc1ncoc1C(=O)N1CCCC(C(=O)O)C1. The van der Waals surface area contributed by atoms with Gasteiger partial charge in [0, 0.05) is 13.1 Å². The van der Waals surface area contributed by atoms with E-state index in [2.05, 4.69) is 4.98 Å². The summed E-state index contributed by atoms with van der Waals surface area (Å²) in [4.78, 5) is 28.3. The first-order valence-corrected chi connectivity index (χ1v) is 5.51. The number of nitrogens with zero attached hydrogens (tertiary/aromatic N) is 2. The van der Waals surface area contributed by atoms with Gasteiger partial charge in [-0.05, 0) is 19.8 Å². The minimum Gasteiger partial charge on any atom is -0.481 e. The molecule has 1 atom stereocenters. The molecule has 0 spiro atoms. The predicted octanol–water partition coefficient (Wildman–Crippen LogP) is 0.920. The lowest BCUT2D eigenvalue weighted by molar-refractivity contribution is -0.143. The molecule has 2 rings (SSSR count). The zero-order valence-corrected chi connectivity index (χ0v) is 9.55. The number of hydrogen-bond acceptors (Lipinski definition) is 4. The Bertz CT molecular complexity index is 440. The van der Waals surface area contributed by atoms with Gasteiger partial charge in [0.15, 0.2) is 6.39 Å². The number of hydrogen-bond donors (Lipinski definition) is 1. The summed E-state index contributed by atoms with van der Waals surface area (Å²) in [5, 5.41) is 8.95. The van der Waals surface area contributed by atoms with Gasteiger partial charge in [-0.1, -0.05) is 0 Å². The highest BCUT2D eigenvalue weighted by molar-refractivity contribution is 5.92. The van der Waals surface area contributed by atoms with E-state index in [0.29, 0.717) is 25.1 Å². The second-order valence-electron chi connectivity index (χ2n) is 4.20. The Balaban J connectivity index is 2.10. The van der Waals surface area contributed by atoms with E-state index in [1.54, 1.807) is 6.92 Å². The summed E-state index contributed by atoms with van der Waals surface area (Å²) in [6, 6.07) is 0. The van der Waals surface area contributed by atoms with Crippen molar-refractivity contribution in [1.29, 1.82) is 0 Å². The molecule has 1 saturated heterocycles. The molecule has 0 saturated carbocycles. The van der Waals surface area contributed by atoms with Gasteiger partial charge in [0.1, 0.15) is 0 Å². The molecular formula is C11H14N2O4. The van der Waals surface area contributed by atoms with E-state index in [0.717, 1.165) is 0 Å². The second-order valence-corrected chi connectivity index (χ2v) is 4.20. The Kier molecular flexibility index (Phi) is 3.12. The zero-order valence-electron chi connectivity index (χ0n) is 9.55. The fourth-order valence-corrected chi connectivity index (χ4v) is 2.01. The van der Waals surface area contributed by atoms with Crippen molar-refractivity contribution in [3.05, 3.63) is 17.8 Å². The van der Waals surface area contributed by atoms with Crippen LogP contribution >= 0.6 is 0 Å². The maximum Gasteiger partial charge on any atom is 0.308 e. The van der Waals surface area contributed by atoms with Crippen molar-refractivity contribution in [2.75, 3.05) is 13.1 Å². The summed E-state index contributed by atoms with van der Waals surface area (Å²) < 4.78 is 5.03. The minimum atomic E-state index is -0.850. The molecule has 1 aliphatic rings. The number of carbonyl (C=O) groups is 2. The van der Waals surface area contributed by atoms with Crippen LogP contribution in [0.2, 0.25) is 0 Å². The monoisotopic (exact) mass is 238 g/mol. The summed E-state index contributed by atoms with van der Waals surface area (Å²) in [5.74, 6) is -1.39. The molecule has 0 aromatic carbocycles. The van der Waals surface area contributed by atoms with Crippen molar-refractivity contribution >= 4 is 11.9 Å². The Morgan fingerprint density at radius 2 is 2.35 bits per heavy atom. The van der Waals surface area contributed by atoms with Gasteiger partial charge in [-0.25, -0.2) is 4.98 Å². The number of carboxylic acid groups (broad SMARTS) is 1. The maximum absolute atomic E-state index is 12.0. The van der Waals surface area contributed by atoms with Gasteiger partial charge in [0.25, 0.3) is 5.91 Å². The fraction of sp³-hybridized carbons (Fsp3) is 0.545. The summed E-state index contributed by atoms with van der Waals surface area (Å²) in [5.41, 5.74) is 0.535. The molecule has 0 bridgehead atoms. The first-order valence-electron chi connectivity index (χ1n) is 5.51. The van der Waals surface area contributed by atoms with Gasteiger partial charge in [-0.15, -0.1) is 0 Å². The standard InChI is InChI=1S/C11H14N2O4/c1-7-9(17-6-12-7)10(14)13-4-2-3-8(5-13)11(15)16/h6,8H,2-5H2,1H3,(H,15,16). The number of rotatable bonds is 2. The Morgan fingerprint density at radius 1 is 1.59 bits per heavy atom. The molecule has 92 valence electrons. The molecule has 1 N–H and O–H groups in total. The average molecular weight is 238 g/mol. The molecule has 1 fully saturated rings. The van der Waals surface area contributed by atoms with Gasteiger partial charge >= 0.3 is 5.97 Å². The zero-order chi connectivity index (χ0) is 12.4. The molecule has 1 amide bonds. The molecule has 17 heavy (non-hydrogen) atoms. The van der Waals surface area contributed by atoms with E-state index < -0.39 is 11.9 Å². The maximum atomic E-state index is 12.0. The van der Waals surface area contributed by atoms with E-state index in [9.17, 15) is 9.59 Å². The van der Waals surface area contributed by atoms with Crippen LogP contribution in [0.1, 0.15) is 29.1 Å². The van der Waals surface area contributed by atoms with Crippen LogP contribution in [0.4, 0.5) is 0 Å². The molecule has 0 aliphatic carbocycles. The van der Waals surface area contributed by atoms with Crippen LogP contribution in [-0.4, -0.2) is 40.0 Å². The lowest BCUT2D eigenvalue weighted by atomic mass is 9.98. The second kappa shape index (κ2) is 4.57. The smallest absolute Gasteiger partial charge is 0.308 e. The van der Waals surface area contributed by atoms with Crippen LogP contribution in [0.3, 0.4) is 0 Å². The molecule has 1 aromatic rings. The molecular weight excluding hydrogens is 224 g/mol. The molecule has 1 unspecified atom stereocenters. The third kappa shape index (κ3) is 2.30. The highest BCUT2D eigenvalue weighted by Crippen LogP contribution is 2.19. The van der Waals surface area contributed by atoms with Crippen LogP contribution in [0.15, 0.2) is 10.8 Å².